The van der Waals surface area contributed by atoms with Gasteiger partial charge in [-0.05, 0) is 31.9 Å². The molecule has 0 atom stereocenters. The first-order chi connectivity index (χ1) is 11.5. The number of ether oxygens (including phenoxy) is 1. The number of rotatable bonds is 8. The molecular formula is C18H25N3O3. The van der Waals surface area contributed by atoms with Crippen molar-refractivity contribution in [2.45, 2.75) is 45.6 Å². The van der Waals surface area contributed by atoms with E-state index in [1.165, 1.54) is 0 Å². The van der Waals surface area contributed by atoms with Crippen molar-refractivity contribution >= 4 is 5.91 Å². The smallest absolute Gasteiger partial charge is 0.223 e. The van der Waals surface area contributed by atoms with Crippen LogP contribution in [0.2, 0.25) is 0 Å². The molecule has 0 fully saturated rings. The van der Waals surface area contributed by atoms with E-state index in [0.717, 1.165) is 17.7 Å². The summed E-state index contributed by atoms with van der Waals surface area (Å²) in [5, 5.41) is 8.09. The van der Waals surface area contributed by atoms with Crippen LogP contribution < -0.4 is 4.74 Å². The van der Waals surface area contributed by atoms with Gasteiger partial charge in [0.15, 0.2) is 0 Å². The van der Waals surface area contributed by atoms with Gasteiger partial charge in [0.25, 0.3) is 0 Å². The molecule has 6 heteroatoms. The van der Waals surface area contributed by atoms with Crippen LogP contribution in [-0.2, 0) is 24.1 Å². The number of benzene rings is 1. The van der Waals surface area contributed by atoms with Gasteiger partial charge in [0.1, 0.15) is 5.75 Å². The molecule has 1 aromatic carbocycles. The van der Waals surface area contributed by atoms with Gasteiger partial charge < -0.3 is 14.1 Å². The van der Waals surface area contributed by atoms with Gasteiger partial charge in [-0.1, -0.05) is 18.2 Å². The van der Waals surface area contributed by atoms with E-state index in [-0.39, 0.29) is 11.9 Å². The van der Waals surface area contributed by atoms with E-state index in [1.807, 2.05) is 38.1 Å². The maximum atomic E-state index is 12.0. The zero-order chi connectivity index (χ0) is 17.5. The monoisotopic (exact) mass is 331 g/mol. The van der Waals surface area contributed by atoms with Gasteiger partial charge >= 0.3 is 0 Å². The molecule has 0 N–H and O–H groups in total. The number of methoxy groups -OCH3 is 1. The molecule has 2 rings (SSSR count). The lowest BCUT2D eigenvalue weighted by molar-refractivity contribution is -0.131. The van der Waals surface area contributed by atoms with E-state index < -0.39 is 0 Å². The predicted octanol–water partition coefficient (Wildman–Crippen LogP) is 2.66. The normalized spacial score (nSPS) is 10.9. The zero-order valence-electron chi connectivity index (χ0n) is 14.8. The number of carbonyl (C=O) groups excluding carboxylic acids is 1. The van der Waals surface area contributed by atoms with Crippen LogP contribution >= 0.6 is 0 Å². The second kappa shape index (κ2) is 8.47. The summed E-state index contributed by atoms with van der Waals surface area (Å²) in [7, 11) is 3.47. The minimum Gasteiger partial charge on any atom is -0.496 e. The summed E-state index contributed by atoms with van der Waals surface area (Å²) in [6.07, 6.45) is 2.26. The van der Waals surface area contributed by atoms with Crippen LogP contribution in [0.3, 0.4) is 0 Å². The number of amides is 1. The van der Waals surface area contributed by atoms with Crippen molar-refractivity contribution in [2.24, 2.45) is 0 Å². The largest absolute Gasteiger partial charge is 0.496 e. The molecule has 6 nitrogen and oxygen atoms in total. The highest BCUT2D eigenvalue weighted by Crippen LogP contribution is 2.19. The summed E-state index contributed by atoms with van der Waals surface area (Å²) in [4.78, 5) is 13.7. The van der Waals surface area contributed by atoms with Gasteiger partial charge in [0.2, 0.25) is 17.7 Å². The molecule has 0 bridgehead atoms. The Labute approximate surface area is 142 Å². The van der Waals surface area contributed by atoms with E-state index >= 15 is 0 Å². The molecule has 0 aliphatic carbocycles. The van der Waals surface area contributed by atoms with Crippen LogP contribution in [0.4, 0.5) is 0 Å². The molecule has 24 heavy (non-hydrogen) atoms. The second-order valence-electron chi connectivity index (χ2n) is 6.00. The molecule has 0 spiro atoms. The number of para-hydroxylation sites is 1. The van der Waals surface area contributed by atoms with Crippen molar-refractivity contribution in [3.05, 3.63) is 41.6 Å². The van der Waals surface area contributed by atoms with Gasteiger partial charge in [0, 0.05) is 32.4 Å². The van der Waals surface area contributed by atoms with E-state index in [2.05, 4.69) is 10.2 Å². The number of nitrogens with zero attached hydrogens (tertiary/aromatic N) is 3. The molecule has 0 radical (unpaired) electrons. The molecule has 0 saturated carbocycles. The van der Waals surface area contributed by atoms with E-state index in [9.17, 15) is 4.79 Å². The van der Waals surface area contributed by atoms with Crippen molar-refractivity contribution in [1.29, 1.82) is 0 Å². The maximum Gasteiger partial charge on any atom is 0.223 e. The van der Waals surface area contributed by atoms with Crippen LogP contribution in [-0.4, -0.2) is 41.2 Å². The van der Waals surface area contributed by atoms with Crippen LogP contribution in [0.25, 0.3) is 0 Å². The van der Waals surface area contributed by atoms with Crippen LogP contribution in [0.15, 0.2) is 28.7 Å². The molecule has 1 heterocycles. The minimum absolute atomic E-state index is 0.0822. The third-order valence-corrected chi connectivity index (χ3v) is 4.03. The van der Waals surface area contributed by atoms with Crippen LogP contribution in [0.1, 0.15) is 37.6 Å². The van der Waals surface area contributed by atoms with E-state index in [0.29, 0.717) is 31.0 Å². The Morgan fingerprint density at radius 1 is 1.17 bits per heavy atom. The number of hydrogen-bond acceptors (Lipinski definition) is 5. The molecule has 0 aliphatic heterocycles. The molecule has 130 valence electrons. The lowest BCUT2D eigenvalue weighted by Crippen LogP contribution is -2.33. The second-order valence-corrected chi connectivity index (χ2v) is 6.00. The Bertz CT molecular complexity index is 667. The van der Waals surface area contributed by atoms with Crippen LogP contribution in [0, 0.1) is 0 Å². The average Bonchev–Trinajstić information content (AvgIpc) is 3.05. The van der Waals surface area contributed by atoms with Gasteiger partial charge in [-0.3, -0.25) is 4.79 Å². The Morgan fingerprint density at radius 3 is 2.50 bits per heavy atom. The molecule has 2 aromatic rings. The third kappa shape index (κ3) is 4.81. The summed E-state index contributed by atoms with van der Waals surface area (Å²) in [5.74, 6) is 2.04. The predicted molar refractivity (Wildman–Crippen MR) is 90.9 cm³/mol. The van der Waals surface area contributed by atoms with Gasteiger partial charge in [-0.15, -0.1) is 10.2 Å². The highest BCUT2D eigenvalue weighted by atomic mass is 16.5. The summed E-state index contributed by atoms with van der Waals surface area (Å²) in [6, 6.07) is 8.07. The summed E-state index contributed by atoms with van der Waals surface area (Å²) >= 11 is 0. The fourth-order valence-corrected chi connectivity index (χ4v) is 2.32. The van der Waals surface area contributed by atoms with Gasteiger partial charge in [-0.25, -0.2) is 0 Å². The van der Waals surface area contributed by atoms with Crippen molar-refractivity contribution in [1.82, 2.24) is 15.1 Å². The van der Waals surface area contributed by atoms with Crippen molar-refractivity contribution in [2.75, 3.05) is 14.2 Å². The Balaban J connectivity index is 1.86. The maximum absolute atomic E-state index is 12.0. The van der Waals surface area contributed by atoms with Gasteiger partial charge in [0.05, 0.1) is 7.11 Å². The summed E-state index contributed by atoms with van der Waals surface area (Å²) in [6.45, 7) is 3.97. The highest BCUT2D eigenvalue weighted by molar-refractivity contribution is 5.76. The first-order valence-electron chi connectivity index (χ1n) is 8.20. The third-order valence-electron chi connectivity index (χ3n) is 4.03. The lowest BCUT2D eigenvalue weighted by Gasteiger charge is -2.20. The highest BCUT2D eigenvalue weighted by Gasteiger charge is 2.14. The fraction of sp³-hybridized carbons (Fsp3) is 0.500. The first kappa shape index (κ1) is 18.0. The summed E-state index contributed by atoms with van der Waals surface area (Å²) in [5.41, 5.74) is 1.11. The number of aryl methyl sites for hydroxylation is 3. The standard InChI is InChI=1S/C18H25N3O3/c1-13(2)21(3)18(22)12-11-17-20-19-16(24-17)10-9-14-7-5-6-8-15(14)23-4/h5-8,13H,9-12H2,1-4H3. The Morgan fingerprint density at radius 2 is 1.83 bits per heavy atom. The zero-order valence-corrected chi connectivity index (χ0v) is 14.8. The van der Waals surface area contributed by atoms with Crippen molar-refractivity contribution < 1.29 is 13.9 Å². The Kier molecular flexibility index (Phi) is 6.35. The molecular weight excluding hydrogens is 306 g/mol. The van der Waals surface area contributed by atoms with E-state index in [4.69, 9.17) is 9.15 Å². The van der Waals surface area contributed by atoms with Crippen molar-refractivity contribution in [3.63, 3.8) is 0 Å². The van der Waals surface area contributed by atoms with E-state index in [1.54, 1.807) is 19.1 Å². The average molecular weight is 331 g/mol. The molecule has 1 aromatic heterocycles. The minimum atomic E-state index is 0.0822. The quantitative estimate of drug-likeness (QED) is 0.744. The SMILES string of the molecule is COc1ccccc1CCc1nnc(CCC(=O)N(C)C(C)C)o1. The fourth-order valence-electron chi connectivity index (χ4n) is 2.32. The number of hydrogen-bond donors (Lipinski definition) is 0. The lowest BCUT2D eigenvalue weighted by atomic mass is 10.1. The van der Waals surface area contributed by atoms with Crippen molar-refractivity contribution in [3.8, 4) is 5.75 Å². The first-order valence-corrected chi connectivity index (χ1v) is 8.20. The summed E-state index contributed by atoms with van der Waals surface area (Å²) < 4.78 is 11.0. The number of aromatic nitrogens is 2. The van der Waals surface area contributed by atoms with Crippen LogP contribution in [0.5, 0.6) is 5.75 Å². The number of carbonyl (C=O) groups is 1. The van der Waals surface area contributed by atoms with Gasteiger partial charge in [-0.2, -0.15) is 0 Å². The topological polar surface area (TPSA) is 68.5 Å². The molecule has 0 aliphatic rings. The molecule has 1 amide bonds. The molecule has 0 unspecified atom stereocenters. The Hall–Kier alpha value is -2.37. The molecule has 0 saturated heterocycles.